The molecule has 1 atom stereocenters. The number of carboxylic acids is 1. The van der Waals surface area contributed by atoms with Gasteiger partial charge in [0.1, 0.15) is 11.9 Å². The Morgan fingerprint density at radius 1 is 1.31 bits per heavy atom. The first-order valence-electron chi connectivity index (χ1n) is 11.3. The summed E-state index contributed by atoms with van der Waals surface area (Å²) in [5, 5.41) is 18.6. The number of aromatic nitrogens is 1. The number of methoxy groups -OCH3 is 1. The molecule has 2 heterocycles. The predicted octanol–water partition coefficient (Wildman–Crippen LogP) is 2.64. The van der Waals surface area contributed by atoms with Gasteiger partial charge in [-0.15, -0.1) is 13.2 Å². The highest BCUT2D eigenvalue weighted by molar-refractivity contribution is 5.73. The van der Waals surface area contributed by atoms with Gasteiger partial charge >= 0.3 is 5.97 Å². The number of rotatable bonds is 15. The fourth-order valence-electron chi connectivity index (χ4n) is 3.56. The van der Waals surface area contributed by atoms with E-state index in [1.165, 1.54) is 12.0 Å². The summed E-state index contributed by atoms with van der Waals surface area (Å²) in [6.07, 6.45) is 5.81. The third-order valence-electron chi connectivity index (χ3n) is 5.40. The number of ether oxygens (including phenoxy) is 1. The van der Waals surface area contributed by atoms with Gasteiger partial charge in [0.05, 0.1) is 12.4 Å². The van der Waals surface area contributed by atoms with Crippen molar-refractivity contribution in [2.75, 3.05) is 52.3 Å². The van der Waals surface area contributed by atoms with Crippen molar-refractivity contribution in [3.05, 3.63) is 48.9 Å². The van der Waals surface area contributed by atoms with Crippen molar-refractivity contribution in [3.63, 3.8) is 0 Å². The zero-order valence-corrected chi connectivity index (χ0v) is 19.8. The summed E-state index contributed by atoms with van der Waals surface area (Å²) >= 11 is 0. The van der Waals surface area contributed by atoms with Crippen LogP contribution >= 0.6 is 0 Å². The number of nitrogens with zero attached hydrogens (tertiary/aromatic N) is 2. The lowest BCUT2D eigenvalue weighted by atomic mass is 10.1. The van der Waals surface area contributed by atoms with Gasteiger partial charge in [-0.3, -0.25) is 0 Å². The number of pyridine rings is 1. The first-order valence-corrected chi connectivity index (χ1v) is 11.3. The molecule has 0 radical (unpaired) electrons. The summed E-state index contributed by atoms with van der Waals surface area (Å²) in [6, 6.07) is 3.68. The van der Waals surface area contributed by atoms with E-state index in [-0.39, 0.29) is 0 Å². The van der Waals surface area contributed by atoms with Crippen LogP contribution in [0.2, 0.25) is 0 Å². The molecule has 0 saturated carbocycles. The molecule has 0 aliphatic carbocycles. The number of aryl methyl sites for hydroxylation is 2. The number of hydrogen-bond acceptors (Lipinski definition) is 7. The minimum Gasteiger partial charge on any atom is -0.480 e. The van der Waals surface area contributed by atoms with E-state index in [2.05, 4.69) is 52.7 Å². The molecule has 2 rings (SSSR count). The number of fused-ring (bicyclic) bond motifs is 1. The van der Waals surface area contributed by atoms with E-state index in [0.717, 1.165) is 56.8 Å². The number of carbonyl (C=O) groups is 1. The van der Waals surface area contributed by atoms with Gasteiger partial charge in [-0.25, -0.2) is 9.78 Å². The van der Waals surface area contributed by atoms with Crippen molar-refractivity contribution in [3.8, 4) is 0 Å². The van der Waals surface area contributed by atoms with Gasteiger partial charge in [-0.05, 0) is 56.7 Å². The standard InChI is InChI=1S/C22H37N5O3.C2H4/c1-17(23-2)25-20(22(28)29)11-14-27(15-16-30-3)13-5-4-8-19-10-9-18-7-6-12-24-21(18)26-19;1-2/h9-10,20,23,25H,1,4-8,11-16H2,2-3H3,(H,24,26)(H,28,29);1-2H2. The van der Waals surface area contributed by atoms with Crippen molar-refractivity contribution >= 4 is 11.8 Å². The summed E-state index contributed by atoms with van der Waals surface area (Å²) < 4.78 is 5.22. The normalized spacial score (nSPS) is 13.2. The predicted molar refractivity (Wildman–Crippen MR) is 131 cm³/mol. The topological polar surface area (TPSA) is 98.8 Å². The first kappa shape index (κ1) is 27.5. The maximum absolute atomic E-state index is 11.5. The average molecular weight is 448 g/mol. The summed E-state index contributed by atoms with van der Waals surface area (Å²) in [7, 11) is 3.40. The molecule has 0 aromatic carbocycles. The molecule has 1 unspecified atom stereocenters. The summed E-state index contributed by atoms with van der Waals surface area (Å²) in [4.78, 5) is 18.5. The summed E-state index contributed by atoms with van der Waals surface area (Å²) in [5.74, 6) is 0.693. The van der Waals surface area contributed by atoms with Crippen LogP contribution in [-0.2, 0) is 22.4 Å². The molecule has 8 nitrogen and oxygen atoms in total. The van der Waals surface area contributed by atoms with Crippen LogP contribution in [0.15, 0.2) is 37.7 Å². The van der Waals surface area contributed by atoms with Crippen molar-refractivity contribution in [2.24, 2.45) is 0 Å². The number of hydrogen-bond donors (Lipinski definition) is 4. The Labute approximate surface area is 193 Å². The number of nitrogens with one attached hydrogen (secondary N) is 3. The van der Waals surface area contributed by atoms with Crippen molar-refractivity contribution in [2.45, 2.75) is 44.6 Å². The maximum atomic E-state index is 11.5. The molecule has 32 heavy (non-hydrogen) atoms. The molecule has 0 bridgehead atoms. The second-order valence-corrected chi connectivity index (χ2v) is 7.68. The monoisotopic (exact) mass is 447 g/mol. The first-order chi connectivity index (χ1) is 15.5. The Morgan fingerprint density at radius 3 is 2.78 bits per heavy atom. The van der Waals surface area contributed by atoms with Gasteiger partial charge in [0.15, 0.2) is 0 Å². The van der Waals surface area contributed by atoms with E-state index < -0.39 is 12.0 Å². The lowest BCUT2D eigenvalue weighted by Gasteiger charge is -2.25. The minimum absolute atomic E-state index is 0.498. The van der Waals surface area contributed by atoms with E-state index in [0.29, 0.717) is 25.4 Å². The fraction of sp³-hybridized carbons (Fsp3) is 0.583. The van der Waals surface area contributed by atoms with Crippen molar-refractivity contribution < 1.29 is 14.6 Å². The largest absolute Gasteiger partial charge is 0.480 e. The Bertz CT molecular complexity index is 698. The van der Waals surface area contributed by atoms with Gasteiger partial charge in [-0.2, -0.15) is 0 Å². The van der Waals surface area contributed by atoms with Crippen LogP contribution in [0.4, 0.5) is 5.82 Å². The second-order valence-electron chi connectivity index (χ2n) is 7.68. The molecule has 4 N–H and O–H groups in total. The lowest BCUT2D eigenvalue weighted by molar-refractivity contribution is -0.139. The van der Waals surface area contributed by atoms with Crippen LogP contribution < -0.4 is 16.0 Å². The number of anilines is 1. The Kier molecular flexibility index (Phi) is 13.8. The highest BCUT2D eigenvalue weighted by Gasteiger charge is 2.19. The molecule has 0 saturated heterocycles. The van der Waals surface area contributed by atoms with Gasteiger partial charge in [0.25, 0.3) is 0 Å². The maximum Gasteiger partial charge on any atom is 0.326 e. The fourth-order valence-corrected chi connectivity index (χ4v) is 3.56. The Balaban J connectivity index is 0.00000249. The van der Waals surface area contributed by atoms with Crippen LogP contribution in [0.25, 0.3) is 0 Å². The van der Waals surface area contributed by atoms with Crippen molar-refractivity contribution in [1.82, 2.24) is 20.5 Å². The second kappa shape index (κ2) is 16.1. The minimum atomic E-state index is -0.870. The van der Waals surface area contributed by atoms with Gasteiger partial charge in [0.2, 0.25) is 0 Å². The molecule has 0 spiro atoms. The zero-order valence-electron chi connectivity index (χ0n) is 19.8. The van der Waals surface area contributed by atoms with E-state index in [9.17, 15) is 9.90 Å². The van der Waals surface area contributed by atoms with Crippen LogP contribution in [0, 0.1) is 0 Å². The quantitative estimate of drug-likeness (QED) is 0.241. The van der Waals surface area contributed by atoms with Crippen LogP contribution in [-0.4, -0.2) is 73.9 Å². The third-order valence-corrected chi connectivity index (χ3v) is 5.40. The molecule has 1 aliphatic rings. The molecular weight excluding hydrogens is 406 g/mol. The molecule has 0 amide bonds. The van der Waals surface area contributed by atoms with Crippen LogP contribution in [0.1, 0.15) is 36.9 Å². The number of unbranched alkanes of at least 4 members (excludes halogenated alkanes) is 1. The van der Waals surface area contributed by atoms with Gasteiger partial charge in [0, 0.05) is 39.5 Å². The molecule has 180 valence electrons. The van der Waals surface area contributed by atoms with Crippen molar-refractivity contribution in [1.29, 1.82) is 0 Å². The lowest BCUT2D eigenvalue weighted by Crippen LogP contribution is -2.42. The molecule has 1 aliphatic heterocycles. The van der Waals surface area contributed by atoms with Crippen LogP contribution in [0.5, 0.6) is 0 Å². The molecule has 8 heteroatoms. The van der Waals surface area contributed by atoms with Gasteiger partial charge in [-0.1, -0.05) is 12.6 Å². The molecule has 0 fully saturated rings. The number of carboxylic acid groups (broad SMARTS) is 1. The number of aliphatic carboxylic acids is 1. The Hall–Kier alpha value is -2.58. The smallest absolute Gasteiger partial charge is 0.326 e. The Morgan fingerprint density at radius 2 is 2.09 bits per heavy atom. The summed E-state index contributed by atoms with van der Waals surface area (Å²) in [5.41, 5.74) is 2.45. The van der Waals surface area contributed by atoms with E-state index in [1.807, 2.05) is 0 Å². The van der Waals surface area contributed by atoms with E-state index in [4.69, 9.17) is 9.72 Å². The summed E-state index contributed by atoms with van der Waals surface area (Å²) in [6.45, 7) is 13.8. The highest BCUT2D eigenvalue weighted by Crippen LogP contribution is 2.20. The van der Waals surface area contributed by atoms with Gasteiger partial charge < -0.3 is 30.7 Å². The highest BCUT2D eigenvalue weighted by atomic mass is 16.5. The molecular formula is C24H41N5O3. The van der Waals surface area contributed by atoms with Crippen LogP contribution in [0.3, 0.4) is 0 Å². The molecule has 1 aromatic heterocycles. The van der Waals surface area contributed by atoms with E-state index in [1.54, 1.807) is 14.2 Å². The third kappa shape index (κ3) is 10.2. The van der Waals surface area contributed by atoms with E-state index >= 15 is 0 Å². The SMILES string of the molecule is C=C.C=C(NC)NC(CCN(CCCCc1ccc2c(n1)NCCC2)CCOC)C(=O)O. The average Bonchev–Trinajstić information content (AvgIpc) is 2.82. The zero-order chi connectivity index (χ0) is 23.8. The molecule has 1 aromatic rings.